The molecule has 0 aliphatic heterocycles. The molecule has 0 saturated heterocycles. The molecule has 1 aromatic heterocycles. The summed E-state index contributed by atoms with van der Waals surface area (Å²) in [5.74, 6) is -5.18. The monoisotopic (exact) mass is 495 g/mol. The van der Waals surface area contributed by atoms with Gasteiger partial charge in [-0.05, 0) is 43.3 Å². The van der Waals surface area contributed by atoms with Crippen molar-refractivity contribution in [1.82, 2.24) is 9.78 Å². The summed E-state index contributed by atoms with van der Waals surface area (Å²) in [5, 5.41) is 6.83. The normalized spacial score (nSPS) is 10.7. The van der Waals surface area contributed by atoms with Gasteiger partial charge in [0.15, 0.2) is 17.3 Å². The van der Waals surface area contributed by atoms with Gasteiger partial charge in [-0.15, -0.1) is 0 Å². The predicted molar refractivity (Wildman–Crippen MR) is 126 cm³/mol. The van der Waals surface area contributed by atoms with Crippen molar-refractivity contribution < 1.29 is 32.2 Å². The quantitative estimate of drug-likeness (QED) is 0.275. The van der Waals surface area contributed by atoms with Gasteiger partial charge in [0.25, 0.3) is 5.91 Å². The smallest absolute Gasteiger partial charge is 0.358 e. The van der Waals surface area contributed by atoms with E-state index in [4.69, 9.17) is 9.47 Å². The van der Waals surface area contributed by atoms with Gasteiger partial charge in [0, 0.05) is 17.3 Å². The third kappa shape index (κ3) is 4.92. The zero-order valence-corrected chi connectivity index (χ0v) is 19.2. The number of methoxy groups -OCH3 is 1. The molecule has 0 aliphatic rings. The lowest BCUT2D eigenvalue weighted by Crippen LogP contribution is -2.15. The molecule has 184 valence electrons. The molecule has 0 atom stereocenters. The number of halogens is 3. The molecule has 0 unspecified atom stereocenters. The van der Waals surface area contributed by atoms with Gasteiger partial charge in [0.2, 0.25) is 0 Å². The minimum absolute atomic E-state index is 0.0458. The Morgan fingerprint density at radius 2 is 1.78 bits per heavy atom. The lowest BCUT2D eigenvalue weighted by atomic mass is 10.1. The maximum Gasteiger partial charge on any atom is 0.358 e. The summed E-state index contributed by atoms with van der Waals surface area (Å²) in [6.45, 7) is 1.84. The van der Waals surface area contributed by atoms with Crippen molar-refractivity contribution >= 4 is 17.6 Å². The SMILES string of the molecule is CCOC(=O)c1cc(-c2cccc(NC(=O)c3cc(F)cc(F)c3F)c2)n(-c2ccccc2OC)n1. The number of benzene rings is 3. The van der Waals surface area contributed by atoms with Gasteiger partial charge in [0.1, 0.15) is 17.3 Å². The van der Waals surface area contributed by atoms with Crippen LogP contribution in [0.1, 0.15) is 27.8 Å². The molecule has 0 bridgehead atoms. The van der Waals surface area contributed by atoms with E-state index in [-0.39, 0.29) is 18.0 Å². The Balaban J connectivity index is 1.76. The maximum absolute atomic E-state index is 14.1. The van der Waals surface area contributed by atoms with Crippen LogP contribution in [0.25, 0.3) is 16.9 Å². The highest BCUT2D eigenvalue weighted by Crippen LogP contribution is 2.31. The fourth-order valence-corrected chi connectivity index (χ4v) is 3.56. The van der Waals surface area contributed by atoms with Gasteiger partial charge >= 0.3 is 5.97 Å². The molecule has 0 radical (unpaired) electrons. The highest BCUT2D eigenvalue weighted by molar-refractivity contribution is 6.04. The minimum atomic E-state index is -1.47. The van der Waals surface area contributed by atoms with Gasteiger partial charge < -0.3 is 14.8 Å². The average molecular weight is 495 g/mol. The molecule has 10 heteroatoms. The van der Waals surface area contributed by atoms with Crippen molar-refractivity contribution in [3.05, 3.63) is 95.4 Å². The molecule has 0 aliphatic carbocycles. The van der Waals surface area contributed by atoms with E-state index >= 15 is 0 Å². The van der Waals surface area contributed by atoms with Crippen LogP contribution in [0.5, 0.6) is 5.75 Å². The first-order valence-electron chi connectivity index (χ1n) is 10.8. The highest BCUT2D eigenvalue weighted by atomic mass is 19.2. The molecule has 4 rings (SSSR count). The third-order valence-electron chi connectivity index (χ3n) is 5.16. The lowest BCUT2D eigenvalue weighted by molar-refractivity contribution is 0.0518. The van der Waals surface area contributed by atoms with Crippen molar-refractivity contribution in [1.29, 1.82) is 0 Å². The van der Waals surface area contributed by atoms with Crippen LogP contribution in [0.4, 0.5) is 18.9 Å². The molecule has 3 aromatic carbocycles. The van der Waals surface area contributed by atoms with E-state index in [1.807, 2.05) is 0 Å². The summed E-state index contributed by atoms with van der Waals surface area (Å²) in [6, 6.07) is 15.9. The molecule has 0 spiro atoms. The van der Waals surface area contributed by atoms with E-state index in [0.29, 0.717) is 34.8 Å². The van der Waals surface area contributed by atoms with Crippen LogP contribution in [0.2, 0.25) is 0 Å². The Morgan fingerprint density at radius 3 is 2.53 bits per heavy atom. The fraction of sp³-hybridized carbons (Fsp3) is 0.115. The third-order valence-corrected chi connectivity index (χ3v) is 5.16. The maximum atomic E-state index is 14.1. The number of hydrogen-bond donors (Lipinski definition) is 1. The summed E-state index contributed by atoms with van der Waals surface area (Å²) >= 11 is 0. The molecule has 1 amide bonds. The summed E-state index contributed by atoms with van der Waals surface area (Å²) < 4.78 is 53.2. The molecular weight excluding hydrogens is 475 g/mol. The largest absolute Gasteiger partial charge is 0.494 e. The first kappa shape index (κ1) is 24.5. The Hall–Kier alpha value is -4.60. The molecule has 36 heavy (non-hydrogen) atoms. The van der Waals surface area contributed by atoms with Crippen LogP contribution in [0, 0.1) is 17.5 Å². The van der Waals surface area contributed by atoms with Crippen LogP contribution >= 0.6 is 0 Å². The Labute approximate surface area is 204 Å². The molecule has 1 heterocycles. The summed E-state index contributed by atoms with van der Waals surface area (Å²) in [6.07, 6.45) is 0. The molecule has 0 saturated carbocycles. The number of nitrogens with one attached hydrogen (secondary N) is 1. The van der Waals surface area contributed by atoms with Crippen molar-refractivity contribution in [2.24, 2.45) is 0 Å². The van der Waals surface area contributed by atoms with Crippen LogP contribution in [-0.2, 0) is 4.74 Å². The van der Waals surface area contributed by atoms with E-state index in [1.165, 1.54) is 23.9 Å². The number of carbonyl (C=O) groups excluding carboxylic acids is 2. The van der Waals surface area contributed by atoms with Gasteiger partial charge in [0.05, 0.1) is 25.0 Å². The average Bonchev–Trinajstić information content (AvgIpc) is 3.32. The van der Waals surface area contributed by atoms with Gasteiger partial charge in [-0.3, -0.25) is 4.79 Å². The van der Waals surface area contributed by atoms with Crippen molar-refractivity contribution in [2.45, 2.75) is 6.92 Å². The van der Waals surface area contributed by atoms with Gasteiger partial charge in [-0.1, -0.05) is 24.3 Å². The predicted octanol–water partition coefficient (Wildman–Crippen LogP) is 5.39. The Morgan fingerprint density at radius 1 is 1.00 bits per heavy atom. The number of para-hydroxylation sites is 2. The van der Waals surface area contributed by atoms with E-state index in [1.54, 1.807) is 49.4 Å². The molecule has 1 N–H and O–H groups in total. The van der Waals surface area contributed by atoms with Crippen LogP contribution in [0.15, 0.2) is 66.7 Å². The topological polar surface area (TPSA) is 82.5 Å². The van der Waals surface area contributed by atoms with Crippen LogP contribution in [-0.4, -0.2) is 35.4 Å². The summed E-state index contributed by atoms with van der Waals surface area (Å²) in [7, 11) is 1.50. The van der Waals surface area contributed by atoms with Crippen LogP contribution < -0.4 is 10.1 Å². The van der Waals surface area contributed by atoms with Crippen molar-refractivity contribution in [2.75, 3.05) is 19.0 Å². The molecule has 7 nitrogen and oxygen atoms in total. The number of anilines is 1. The zero-order valence-electron chi connectivity index (χ0n) is 19.2. The minimum Gasteiger partial charge on any atom is -0.494 e. The second kappa shape index (κ2) is 10.3. The van der Waals surface area contributed by atoms with E-state index < -0.39 is 34.9 Å². The van der Waals surface area contributed by atoms with E-state index in [9.17, 15) is 22.8 Å². The molecule has 4 aromatic rings. The second-order valence-corrected chi connectivity index (χ2v) is 7.50. The standard InChI is InChI=1S/C26H20F3N3O4/c1-3-36-26(34)20-14-22(32(31-20)21-9-4-5-10-23(21)35-2)15-7-6-8-17(11-15)30-25(33)18-12-16(27)13-19(28)24(18)29/h4-14H,3H2,1-2H3,(H,30,33). The Kier molecular flexibility index (Phi) is 7.05. The first-order valence-corrected chi connectivity index (χ1v) is 10.8. The number of nitrogens with zero attached hydrogens (tertiary/aromatic N) is 2. The number of carbonyl (C=O) groups is 2. The van der Waals surface area contributed by atoms with E-state index in [0.717, 1.165) is 0 Å². The summed E-state index contributed by atoms with van der Waals surface area (Å²) in [5.41, 5.74) is 1.00. The van der Waals surface area contributed by atoms with Crippen LogP contribution in [0.3, 0.4) is 0 Å². The molecule has 0 fully saturated rings. The number of esters is 1. The lowest BCUT2D eigenvalue weighted by Gasteiger charge is -2.13. The number of hydrogen-bond acceptors (Lipinski definition) is 5. The number of amides is 1. The van der Waals surface area contributed by atoms with Gasteiger partial charge in [-0.25, -0.2) is 22.6 Å². The first-order chi connectivity index (χ1) is 17.3. The van der Waals surface area contributed by atoms with Crippen molar-refractivity contribution in [3.8, 4) is 22.7 Å². The molecular formula is C26H20F3N3O4. The number of aromatic nitrogens is 2. The van der Waals surface area contributed by atoms with Crippen molar-refractivity contribution in [3.63, 3.8) is 0 Å². The second-order valence-electron chi connectivity index (χ2n) is 7.50. The van der Waals surface area contributed by atoms with E-state index in [2.05, 4.69) is 10.4 Å². The number of ether oxygens (including phenoxy) is 2. The number of rotatable bonds is 7. The summed E-state index contributed by atoms with van der Waals surface area (Å²) in [4.78, 5) is 24.9. The zero-order chi connectivity index (χ0) is 25.8. The Bertz CT molecular complexity index is 1450. The fourth-order valence-electron chi connectivity index (χ4n) is 3.56. The van der Waals surface area contributed by atoms with Gasteiger partial charge in [-0.2, -0.15) is 5.10 Å². The highest BCUT2D eigenvalue weighted by Gasteiger charge is 2.21.